The average molecular weight is 597 g/mol. The van der Waals surface area contributed by atoms with Gasteiger partial charge in [-0.1, -0.05) is 13.8 Å². The van der Waals surface area contributed by atoms with E-state index in [4.69, 9.17) is 42.8 Å². The Balaban J connectivity index is -0.000000450. The molecule has 0 aliphatic rings. The average Bonchev–Trinajstić information content (AvgIpc) is 2.70. The Kier molecular flexibility index (Phi) is 32.6. The molecule has 0 saturated carbocycles. The maximum atomic E-state index is 11.9. The molecule has 15 heteroatoms. The van der Waals surface area contributed by atoms with E-state index in [0.29, 0.717) is 33.0 Å². The first kappa shape index (κ1) is 38.2. The van der Waals surface area contributed by atoms with Crippen LogP contribution in [0.3, 0.4) is 0 Å². The first-order chi connectivity index (χ1) is 15.1. The third-order valence-electron chi connectivity index (χ3n) is 2.51. The third-order valence-corrected chi connectivity index (χ3v) is 11.1. The highest BCUT2D eigenvalue weighted by atomic mass is 32.7. The molecule has 0 aromatic heterocycles. The Labute approximate surface area is 215 Å². The largest absolute Gasteiger partial charge is 0.389 e. The van der Waals surface area contributed by atoms with Gasteiger partial charge in [-0.2, -0.15) is 23.5 Å². The van der Waals surface area contributed by atoms with E-state index in [-0.39, 0.29) is 0 Å². The summed E-state index contributed by atoms with van der Waals surface area (Å²) in [6.45, 7) is 8.93. The predicted molar refractivity (Wildman–Crippen MR) is 149 cm³/mol. The van der Waals surface area contributed by atoms with Crippen molar-refractivity contribution >= 4 is 70.9 Å². The lowest BCUT2D eigenvalue weighted by molar-refractivity contribution is 0.174. The van der Waals surface area contributed by atoms with Gasteiger partial charge in [0.05, 0.1) is 33.0 Å². The monoisotopic (exact) mass is 596 g/mol. The fourth-order valence-electron chi connectivity index (χ4n) is 1.56. The molecule has 0 atom stereocenters. The second-order valence-electron chi connectivity index (χ2n) is 5.07. The van der Waals surface area contributed by atoms with E-state index in [1.54, 1.807) is 0 Å². The van der Waals surface area contributed by atoms with Crippen molar-refractivity contribution in [2.45, 2.75) is 41.5 Å². The summed E-state index contributed by atoms with van der Waals surface area (Å²) in [6.07, 6.45) is 1.12. The van der Waals surface area contributed by atoms with Crippen molar-refractivity contribution in [1.82, 2.24) is 0 Å². The highest BCUT2D eigenvalue weighted by Gasteiger charge is 2.23. The number of thioether (sulfide) groups is 2. The quantitative estimate of drug-likeness (QED) is 0.115. The first-order valence-electron chi connectivity index (χ1n) is 10.4. The summed E-state index contributed by atoms with van der Waals surface area (Å²) in [5.74, 6) is 4.93. The first-order valence-corrected chi connectivity index (χ1v) is 20.0. The van der Waals surface area contributed by atoms with Gasteiger partial charge in [0.15, 0.2) is 0 Å². The Morgan fingerprint density at radius 3 is 1.50 bits per heavy atom. The molecule has 0 aliphatic carbocycles. The van der Waals surface area contributed by atoms with E-state index in [1.807, 2.05) is 51.2 Å². The van der Waals surface area contributed by atoms with Gasteiger partial charge in [-0.15, -0.1) is 0 Å². The molecule has 0 aliphatic heterocycles. The zero-order valence-corrected chi connectivity index (χ0v) is 26.3. The van der Waals surface area contributed by atoms with Crippen molar-refractivity contribution in [3.63, 3.8) is 0 Å². The molecule has 0 heterocycles. The Morgan fingerprint density at radius 2 is 1.12 bits per heavy atom. The molecule has 0 aromatic rings. The summed E-state index contributed by atoms with van der Waals surface area (Å²) in [7, 11) is -2.12. The Hall–Kier alpha value is 1.68. The Bertz CT molecular complexity index is 501. The standard InChI is InChI=1S/2C8H19O3PS2.CH4O2S/c1-4-10-12(9,11-5-2)14-8-7-13-6-3;1-4-9-12(13,10-5-2)11-7-8-14-6-3;1-4(2)3/h2*4-8H2,1-3H3;4H,1H3. The van der Waals surface area contributed by atoms with Crippen LogP contribution in [0.5, 0.6) is 0 Å². The molecular weight excluding hydrogens is 554 g/mol. The number of hydrogen-bond acceptors (Lipinski definition) is 12. The second-order valence-corrected chi connectivity index (χ2v) is 15.9. The predicted octanol–water partition coefficient (Wildman–Crippen LogP) is 5.94. The van der Waals surface area contributed by atoms with Gasteiger partial charge in [-0.3, -0.25) is 0 Å². The van der Waals surface area contributed by atoms with Crippen LogP contribution in [0.25, 0.3) is 0 Å². The minimum absolute atomic E-state index is 0.436. The van der Waals surface area contributed by atoms with Gasteiger partial charge in [0, 0.05) is 23.5 Å². The minimum atomic E-state index is -2.86. The lowest BCUT2D eigenvalue weighted by Crippen LogP contribution is -2.02. The van der Waals surface area contributed by atoms with Crippen LogP contribution in [0.4, 0.5) is 0 Å². The molecule has 32 heavy (non-hydrogen) atoms. The molecule has 0 unspecified atom stereocenters. The van der Waals surface area contributed by atoms with Gasteiger partial charge in [0.25, 0.3) is 0 Å². The van der Waals surface area contributed by atoms with Gasteiger partial charge in [0.2, 0.25) is 0 Å². The molecule has 198 valence electrons. The van der Waals surface area contributed by atoms with Crippen molar-refractivity contribution in [2.75, 3.05) is 68.1 Å². The van der Waals surface area contributed by atoms with Crippen LogP contribution < -0.4 is 0 Å². The topological polar surface area (TPSA) is 97.4 Å². The summed E-state index contributed by atoms with van der Waals surface area (Å²) < 4.78 is 56.4. The van der Waals surface area contributed by atoms with E-state index in [0.717, 1.165) is 35.0 Å². The lowest BCUT2D eigenvalue weighted by Gasteiger charge is -2.20. The normalized spacial score (nSPS) is 11.5. The highest BCUT2D eigenvalue weighted by molar-refractivity contribution is 8.55. The van der Waals surface area contributed by atoms with Crippen LogP contribution in [0, 0.1) is 0 Å². The van der Waals surface area contributed by atoms with Crippen LogP contribution in [0.1, 0.15) is 41.5 Å². The van der Waals surface area contributed by atoms with E-state index < -0.39 is 24.2 Å². The highest BCUT2D eigenvalue weighted by Crippen LogP contribution is 2.60. The zero-order chi connectivity index (χ0) is 25.3. The molecule has 0 fully saturated rings. The van der Waals surface area contributed by atoms with Gasteiger partial charge < -0.3 is 22.6 Å². The number of rotatable bonds is 18. The lowest BCUT2D eigenvalue weighted by atomic mass is 10.9. The molecule has 0 radical (unpaired) electrons. The molecular formula is C17H42O8P2S5. The van der Waals surface area contributed by atoms with Gasteiger partial charge >= 0.3 is 13.5 Å². The summed E-state index contributed by atoms with van der Waals surface area (Å²) in [5.41, 5.74) is 0. The van der Waals surface area contributed by atoms with Crippen molar-refractivity contribution in [1.29, 1.82) is 0 Å². The molecule has 8 nitrogen and oxygen atoms in total. The van der Waals surface area contributed by atoms with Crippen LogP contribution in [-0.4, -0.2) is 76.5 Å². The van der Waals surface area contributed by atoms with Crippen LogP contribution in [0.15, 0.2) is 0 Å². The van der Waals surface area contributed by atoms with E-state index in [2.05, 4.69) is 13.8 Å². The van der Waals surface area contributed by atoms with Crippen LogP contribution >= 0.6 is 48.4 Å². The van der Waals surface area contributed by atoms with E-state index in [1.165, 1.54) is 11.4 Å². The summed E-state index contributed by atoms with van der Waals surface area (Å²) in [6, 6.07) is 0. The molecule has 0 rings (SSSR count). The van der Waals surface area contributed by atoms with Crippen molar-refractivity contribution < 1.29 is 35.6 Å². The number of thiol groups is 1. The van der Waals surface area contributed by atoms with Crippen LogP contribution in [-0.2, 0) is 49.7 Å². The van der Waals surface area contributed by atoms with Crippen molar-refractivity contribution in [2.24, 2.45) is 0 Å². The summed E-state index contributed by atoms with van der Waals surface area (Å²) in [5, 5.41) is 0. The maximum Gasteiger partial charge on any atom is 0.389 e. The SMILES string of the molecule is CCOP(=O)(OCC)SCCSCC.CCOP(=S)(OCC)OCCSCC.C[SH](=O)=O. The smallest absolute Gasteiger partial charge is 0.309 e. The summed E-state index contributed by atoms with van der Waals surface area (Å²) >= 11 is 10.1. The van der Waals surface area contributed by atoms with Crippen LogP contribution in [0.2, 0.25) is 0 Å². The third kappa shape index (κ3) is 29.7. The fourth-order valence-corrected chi connectivity index (χ4v) is 8.76. The molecule has 0 N–H and O–H groups in total. The molecule has 0 spiro atoms. The second kappa shape index (κ2) is 27.3. The zero-order valence-electron chi connectivity index (χ0n) is 20.3. The van der Waals surface area contributed by atoms with Gasteiger partial charge in [0.1, 0.15) is 10.7 Å². The van der Waals surface area contributed by atoms with Gasteiger partial charge in [-0.25, -0.2) is 13.0 Å². The van der Waals surface area contributed by atoms with Gasteiger partial charge in [-0.05, 0) is 62.4 Å². The molecule has 0 saturated heterocycles. The van der Waals surface area contributed by atoms with Crippen molar-refractivity contribution in [3.8, 4) is 0 Å². The minimum Gasteiger partial charge on any atom is -0.309 e. The molecule has 0 aromatic carbocycles. The fraction of sp³-hybridized carbons (Fsp3) is 1.00. The van der Waals surface area contributed by atoms with E-state index in [9.17, 15) is 4.57 Å². The summed E-state index contributed by atoms with van der Waals surface area (Å²) in [4.78, 5) is 0. The Morgan fingerprint density at radius 1 is 0.719 bits per heavy atom. The van der Waals surface area contributed by atoms with Crippen molar-refractivity contribution in [3.05, 3.63) is 0 Å². The van der Waals surface area contributed by atoms with E-state index >= 15 is 0 Å². The molecule has 0 bridgehead atoms. The maximum absolute atomic E-state index is 11.9. The number of hydrogen-bond donors (Lipinski definition) is 1. The molecule has 0 amide bonds.